The molecule has 0 aromatic heterocycles. The molecule has 0 bridgehead atoms. The Bertz CT molecular complexity index is 451. The van der Waals surface area contributed by atoms with Crippen LogP contribution >= 0.6 is 0 Å². The maximum atomic E-state index is 6.04. The van der Waals surface area contributed by atoms with Crippen molar-refractivity contribution in [2.75, 3.05) is 6.61 Å². The summed E-state index contributed by atoms with van der Waals surface area (Å²) < 4.78 is 17.9. The van der Waals surface area contributed by atoms with E-state index < -0.39 is 0 Å². The van der Waals surface area contributed by atoms with Crippen molar-refractivity contribution < 1.29 is 14.0 Å². The van der Waals surface area contributed by atoms with Gasteiger partial charge in [-0.25, -0.2) is 0 Å². The first-order chi connectivity index (χ1) is 9.75. The zero-order valence-electron chi connectivity index (χ0n) is 14.1. The molecule has 1 aromatic rings. The Morgan fingerprint density at radius 2 is 1.57 bits per heavy atom. The van der Waals surface area contributed by atoms with Gasteiger partial charge in [0.25, 0.3) is 0 Å². The van der Waals surface area contributed by atoms with Gasteiger partial charge in [-0.1, -0.05) is 32.4 Å². The molecule has 2 rings (SSSR count). The molecule has 3 nitrogen and oxygen atoms in total. The summed E-state index contributed by atoms with van der Waals surface area (Å²) in [7, 11) is -0.307. The second kappa shape index (κ2) is 6.01. The van der Waals surface area contributed by atoms with E-state index in [0.717, 1.165) is 24.2 Å². The highest BCUT2D eigenvalue weighted by atomic mass is 16.7. The Morgan fingerprint density at radius 1 is 1.05 bits per heavy atom. The van der Waals surface area contributed by atoms with Gasteiger partial charge in [-0.3, -0.25) is 0 Å². The Kier molecular flexibility index (Phi) is 4.69. The molecule has 0 amide bonds. The van der Waals surface area contributed by atoms with E-state index in [9.17, 15) is 0 Å². The molecule has 0 N–H and O–H groups in total. The molecular weight excluding hydrogens is 263 g/mol. The number of rotatable bonds is 5. The standard InChI is InChI=1S/C17H27BO3/c1-7-13(2)12-19-15-10-8-14(9-11-15)18-20-16(3,4)17(5,6)21-18/h8-11,13H,7,12H2,1-6H3. The van der Waals surface area contributed by atoms with E-state index in [1.54, 1.807) is 0 Å². The second-order valence-electron chi connectivity index (χ2n) is 6.98. The second-order valence-corrected chi connectivity index (χ2v) is 6.98. The minimum Gasteiger partial charge on any atom is -0.493 e. The van der Waals surface area contributed by atoms with E-state index in [0.29, 0.717) is 5.92 Å². The normalized spacial score (nSPS) is 21.3. The molecule has 4 heteroatoms. The smallest absolute Gasteiger partial charge is 0.493 e. The third-order valence-corrected chi connectivity index (χ3v) is 4.64. The Balaban J connectivity index is 2.00. The first-order valence-electron chi connectivity index (χ1n) is 7.83. The van der Waals surface area contributed by atoms with Crippen LogP contribution in [0.1, 0.15) is 48.0 Å². The van der Waals surface area contributed by atoms with Crippen molar-refractivity contribution in [1.82, 2.24) is 0 Å². The van der Waals surface area contributed by atoms with Crippen LogP contribution < -0.4 is 10.2 Å². The molecule has 0 spiro atoms. The van der Waals surface area contributed by atoms with Crippen molar-refractivity contribution in [3.63, 3.8) is 0 Å². The quantitative estimate of drug-likeness (QED) is 0.778. The van der Waals surface area contributed by atoms with Crippen LogP contribution in [0.25, 0.3) is 0 Å². The van der Waals surface area contributed by atoms with Gasteiger partial charge in [-0.05, 0) is 51.2 Å². The zero-order valence-corrected chi connectivity index (χ0v) is 14.1. The maximum Gasteiger partial charge on any atom is 0.494 e. The average Bonchev–Trinajstić information content (AvgIpc) is 2.65. The van der Waals surface area contributed by atoms with E-state index in [1.165, 1.54) is 0 Å². The van der Waals surface area contributed by atoms with E-state index in [-0.39, 0.29) is 18.3 Å². The fourth-order valence-corrected chi connectivity index (χ4v) is 2.06. The van der Waals surface area contributed by atoms with Gasteiger partial charge in [0.15, 0.2) is 0 Å². The molecule has 1 aliphatic heterocycles. The molecule has 1 atom stereocenters. The zero-order chi connectivity index (χ0) is 15.7. The number of hydrogen-bond acceptors (Lipinski definition) is 3. The predicted octanol–water partition coefficient (Wildman–Crippen LogP) is 3.41. The Morgan fingerprint density at radius 3 is 2.05 bits per heavy atom. The van der Waals surface area contributed by atoms with E-state index in [2.05, 4.69) is 41.5 Å². The first-order valence-corrected chi connectivity index (χ1v) is 7.83. The van der Waals surface area contributed by atoms with Gasteiger partial charge in [0.1, 0.15) is 5.75 Å². The van der Waals surface area contributed by atoms with Crippen LogP contribution in [0, 0.1) is 5.92 Å². The van der Waals surface area contributed by atoms with Crippen LogP contribution in [0.4, 0.5) is 0 Å². The lowest BCUT2D eigenvalue weighted by Crippen LogP contribution is -2.41. The van der Waals surface area contributed by atoms with Crippen molar-refractivity contribution in [2.24, 2.45) is 5.92 Å². The number of benzene rings is 1. The molecule has 116 valence electrons. The molecule has 1 unspecified atom stereocenters. The summed E-state index contributed by atoms with van der Waals surface area (Å²) in [5.74, 6) is 1.48. The summed E-state index contributed by atoms with van der Waals surface area (Å²) in [4.78, 5) is 0. The minimum atomic E-state index is -0.307. The van der Waals surface area contributed by atoms with E-state index in [4.69, 9.17) is 14.0 Å². The molecule has 1 aliphatic rings. The highest BCUT2D eigenvalue weighted by Crippen LogP contribution is 2.36. The molecule has 0 aliphatic carbocycles. The highest BCUT2D eigenvalue weighted by molar-refractivity contribution is 6.62. The van der Waals surface area contributed by atoms with Crippen LogP contribution in [0.15, 0.2) is 24.3 Å². The molecular formula is C17H27BO3. The summed E-state index contributed by atoms with van der Waals surface area (Å²) in [6, 6.07) is 8.02. The molecule has 1 fully saturated rings. The Hall–Kier alpha value is -0.995. The largest absolute Gasteiger partial charge is 0.494 e. The van der Waals surface area contributed by atoms with Crippen molar-refractivity contribution in [3.05, 3.63) is 24.3 Å². The van der Waals surface area contributed by atoms with Gasteiger partial charge in [0.05, 0.1) is 17.8 Å². The third kappa shape index (κ3) is 3.61. The third-order valence-electron chi connectivity index (χ3n) is 4.64. The summed E-state index contributed by atoms with van der Waals surface area (Å²) in [5, 5.41) is 0. The summed E-state index contributed by atoms with van der Waals surface area (Å²) >= 11 is 0. The van der Waals surface area contributed by atoms with E-state index in [1.807, 2.05) is 24.3 Å². The van der Waals surface area contributed by atoms with Crippen LogP contribution in [-0.4, -0.2) is 24.9 Å². The van der Waals surface area contributed by atoms with Gasteiger partial charge in [-0.15, -0.1) is 0 Å². The molecule has 1 saturated heterocycles. The van der Waals surface area contributed by atoms with Crippen molar-refractivity contribution in [2.45, 2.75) is 59.2 Å². The highest BCUT2D eigenvalue weighted by Gasteiger charge is 2.51. The summed E-state index contributed by atoms with van der Waals surface area (Å²) in [5.41, 5.74) is 0.428. The summed E-state index contributed by atoms with van der Waals surface area (Å²) in [6.07, 6.45) is 1.13. The minimum absolute atomic E-state index is 0.302. The summed E-state index contributed by atoms with van der Waals surface area (Å²) in [6.45, 7) is 13.4. The fourth-order valence-electron chi connectivity index (χ4n) is 2.06. The maximum absolute atomic E-state index is 6.04. The lowest BCUT2D eigenvalue weighted by atomic mass is 9.79. The molecule has 21 heavy (non-hydrogen) atoms. The van der Waals surface area contributed by atoms with Gasteiger partial charge in [0.2, 0.25) is 0 Å². The fraction of sp³-hybridized carbons (Fsp3) is 0.647. The lowest BCUT2D eigenvalue weighted by Gasteiger charge is -2.32. The average molecular weight is 290 g/mol. The molecule has 0 saturated carbocycles. The lowest BCUT2D eigenvalue weighted by molar-refractivity contribution is 0.00578. The monoisotopic (exact) mass is 290 g/mol. The Labute approximate surface area is 129 Å². The SMILES string of the molecule is CCC(C)COc1ccc(B2OC(C)(C)C(C)(C)O2)cc1. The van der Waals surface area contributed by atoms with Crippen LogP contribution in [-0.2, 0) is 9.31 Å². The van der Waals surface area contributed by atoms with Gasteiger partial charge >= 0.3 is 7.12 Å². The first kappa shape index (κ1) is 16.4. The number of ether oxygens (including phenoxy) is 1. The van der Waals surface area contributed by atoms with Crippen LogP contribution in [0.5, 0.6) is 5.75 Å². The van der Waals surface area contributed by atoms with Crippen LogP contribution in [0.3, 0.4) is 0 Å². The molecule has 1 aromatic carbocycles. The predicted molar refractivity (Wildman–Crippen MR) is 87.1 cm³/mol. The van der Waals surface area contributed by atoms with Crippen molar-refractivity contribution in [3.8, 4) is 5.75 Å². The van der Waals surface area contributed by atoms with Crippen molar-refractivity contribution in [1.29, 1.82) is 0 Å². The van der Waals surface area contributed by atoms with Crippen LogP contribution in [0.2, 0.25) is 0 Å². The van der Waals surface area contributed by atoms with Gasteiger partial charge in [-0.2, -0.15) is 0 Å². The number of hydrogen-bond donors (Lipinski definition) is 0. The van der Waals surface area contributed by atoms with Gasteiger partial charge in [0, 0.05) is 0 Å². The molecule has 1 heterocycles. The van der Waals surface area contributed by atoms with Crippen molar-refractivity contribution >= 4 is 12.6 Å². The van der Waals surface area contributed by atoms with Gasteiger partial charge < -0.3 is 14.0 Å². The molecule has 0 radical (unpaired) electrons. The topological polar surface area (TPSA) is 27.7 Å². The van der Waals surface area contributed by atoms with E-state index >= 15 is 0 Å².